The van der Waals surface area contributed by atoms with Gasteiger partial charge in [0.05, 0.1) is 5.56 Å². The lowest BCUT2D eigenvalue weighted by Crippen LogP contribution is -2.35. The van der Waals surface area contributed by atoms with Crippen molar-refractivity contribution >= 4 is 29.8 Å². The molecule has 1 aliphatic rings. The fourth-order valence-electron chi connectivity index (χ4n) is 8.00. The van der Waals surface area contributed by atoms with Crippen LogP contribution in [0.25, 0.3) is 0 Å². The van der Waals surface area contributed by atoms with Gasteiger partial charge in [0.15, 0.2) is 29.1 Å². The van der Waals surface area contributed by atoms with E-state index in [9.17, 15) is 44.4 Å². The lowest BCUT2D eigenvalue weighted by Gasteiger charge is -2.34. The predicted octanol–water partition coefficient (Wildman–Crippen LogP) is 12.5. The van der Waals surface area contributed by atoms with Gasteiger partial charge in [0.1, 0.15) is 23.4 Å². The van der Waals surface area contributed by atoms with Crippen LogP contribution in [0, 0.1) is 0 Å². The van der Waals surface area contributed by atoms with Crippen molar-refractivity contribution in [1.82, 2.24) is 0 Å². The van der Waals surface area contributed by atoms with Gasteiger partial charge in [0.2, 0.25) is 11.5 Å². The van der Waals surface area contributed by atoms with Gasteiger partial charge in [-0.05, 0) is 49.9 Å². The number of unbranched alkanes of at least 4 members (excludes halogenated alkanes) is 16. The lowest BCUT2D eigenvalue weighted by atomic mass is 9.93. The highest BCUT2D eigenvalue weighted by Crippen LogP contribution is 2.47. The number of hydrogen-bond acceptors (Lipinski definition) is 15. The summed E-state index contributed by atoms with van der Waals surface area (Å²) in [4.78, 5) is 66.7. The number of hydrogen-bond donors (Lipinski definition) is 4. The van der Waals surface area contributed by atoms with Gasteiger partial charge in [-0.1, -0.05) is 130 Å². The van der Waals surface area contributed by atoms with Crippen LogP contribution >= 0.6 is 0 Å². The number of ether oxygens (including phenoxy) is 6. The molecule has 1 heterocycles. The van der Waals surface area contributed by atoms with Gasteiger partial charge >= 0.3 is 29.8 Å². The fourth-order valence-corrected chi connectivity index (χ4v) is 8.00. The van der Waals surface area contributed by atoms with Crippen molar-refractivity contribution in [3.63, 3.8) is 0 Å². The maximum absolute atomic E-state index is 14.4. The topological polar surface area (TPSA) is 222 Å². The predicted molar refractivity (Wildman–Crippen MR) is 258 cm³/mol. The summed E-state index contributed by atoms with van der Waals surface area (Å²) in [6.45, 7) is 8.32. The number of benzene rings is 3. The van der Waals surface area contributed by atoms with Crippen LogP contribution in [-0.4, -0.2) is 56.4 Å². The van der Waals surface area contributed by atoms with E-state index in [4.69, 9.17) is 28.4 Å². The van der Waals surface area contributed by atoms with E-state index in [0.29, 0.717) is 25.7 Å². The third-order valence-electron chi connectivity index (χ3n) is 11.9. The molecule has 0 aromatic heterocycles. The van der Waals surface area contributed by atoms with E-state index in [1.807, 2.05) is 0 Å². The van der Waals surface area contributed by atoms with Crippen molar-refractivity contribution in [3.05, 3.63) is 53.1 Å². The van der Waals surface area contributed by atoms with Crippen LogP contribution in [0.3, 0.4) is 0 Å². The highest BCUT2D eigenvalue weighted by Gasteiger charge is 2.38. The van der Waals surface area contributed by atoms with Crippen molar-refractivity contribution in [1.29, 1.82) is 0 Å². The Morgan fingerprint density at radius 1 is 0.493 bits per heavy atom. The Balaban J connectivity index is 1.73. The van der Waals surface area contributed by atoms with Crippen LogP contribution in [0.1, 0.15) is 209 Å². The molecule has 0 bridgehead atoms. The summed E-state index contributed by atoms with van der Waals surface area (Å²) >= 11 is 0. The summed E-state index contributed by atoms with van der Waals surface area (Å²) in [7, 11) is 0. The zero-order chi connectivity index (χ0) is 50.1. The van der Waals surface area contributed by atoms with Gasteiger partial charge in [0.25, 0.3) is 0 Å². The Hall–Kier alpha value is -5.99. The molecular formula is C54H74O15. The SMILES string of the molecule is CCCCCCCC(=O)Oc1cc(C(=O)OC2Cc3c(O)cc(O)cc3OC2c2cc(OC(=O)CCCCCCC)c(O)c(OC(=O)CCCCCCC)c2)cc(OC(=O)CCCCCCC)c1O. The van der Waals surface area contributed by atoms with Crippen molar-refractivity contribution in [2.45, 2.75) is 200 Å². The molecule has 0 fully saturated rings. The van der Waals surface area contributed by atoms with E-state index in [1.54, 1.807) is 0 Å². The van der Waals surface area contributed by atoms with Crippen LogP contribution in [0.4, 0.5) is 0 Å². The largest absolute Gasteiger partial charge is 0.508 e. The summed E-state index contributed by atoms with van der Waals surface area (Å²) in [5, 5.41) is 44.0. The number of carbonyl (C=O) groups excluding carboxylic acids is 5. The van der Waals surface area contributed by atoms with Gasteiger partial charge in [-0.3, -0.25) is 19.2 Å². The van der Waals surface area contributed by atoms with E-state index < -0.39 is 65.1 Å². The minimum atomic E-state index is -1.33. The molecule has 4 N–H and O–H groups in total. The monoisotopic (exact) mass is 963 g/mol. The number of carbonyl (C=O) groups is 5. The van der Waals surface area contributed by atoms with Crippen LogP contribution in [0.5, 0.6) is 51.7 Å². The number of phenols is 4. The molecule has 0 amide bonds. The Morgan fingerprint density at radius 2 is 0.855 bits per heavy atom. The molecule has 4 rings (SSSR count). The molecule has 69 heavy (non-hydrogen) atoms. The summed E-state index contributed by atoms with van der Waals surface area (Å²) in [5.41, 5.74) is -0.00197. The molecule has 15 nitrogen and oxygen atoms in total. The minimum Gasteiger partial charge on any atom is -0.508 e. The first kappa shape index (κ1) is 55.6. The van der Waals surface area contributed by atoms with Crippen LogP contribution < -0.4 is 23.7 Å². The molecule has 380 valence electrons. The first-order valence-corrected chi connectivity index (χ1v) is 25.3. The maximum Gasteiger partial charge on any atom is 0.338 e. The summed E-state index contributed by atoms with van der Waals surface area (Å²) < 4.78 is 34.9. The summed E-state index contributed by atoms with van der Waals surface area (Å²) in [5.74, 6) is -7.21. The van der Waals surface area contributed by atoms with E-state index in [-0.39, 0.29) is 77.5 Å². The molecule has 0 aliphatic carbocycles. The summed E-state index contributed by atoms with van der Waals surface area (Å²) in [6, 6.07) is 7.14. The Labute approximate surface area is 406 Å². The highest BCUT2D eigenvalue weighted by atomic mass is 16.6. The molecule has 0 saturated carbocycles. The first-order chi connectivity index (χ1) is 33.3. The van der Waals surface area contributed by atoms with Gasteiger partial charge in [-0.15, -0.1) is 0 Å². The standard InChI is InChI=1S/C54H74O15/c1-5-9-13-17-21-25-47(57)64-42-29-36(30-43(51(42)61)65-48(58)26-22-18-14-10-6-2)53-46(35-39-40(56)33-38(55)34-41(39)68-53)69-54(63)37-31-44(66-49(59)27-23-19-15-11-7-3)52(62)45(32-37)67-50(60)28-24-20-16-12-8-4/h29-34,46,53,55-56,61-62H,5-28,35H2,1-4H3. The zero-order valence-electron chi connectivity index (χ0n) is 41.1. The molecule has 15 heteroatoms. The Morgan fingerprint density at radius 3 is 1.23 bits per heavy atom. The van der Waals surface area contributed by atoms with Gasteiger partial charge in [0, 0.05) is 55.4 Å². The average molecular weight is 963 g/mol. The first-order valence-electron chi connectivity index (χ1n) is 25.3. The van der Waals surface area contributed by atoms with Crippen LogP contribution in [-0.2, 0) is 30.3 Å². The van der Waals surface area contributed by atoms with E-state index >= 15 is 0 Å². The van der Waals surface area contributed by atoms with E-state index in [1.165, 1.54) is 18.2 Å². The van der Waals surface area contributed by atoms with Gasteiger partial charge in [-0.25, -0.2) is 4.79 Å². The molecule has 0 radical (unpaired) electrons. The minimum absolute atomic E-state index is 0.0199. The summed E-state index contributed by atoms with van der Waals surface area (Å²) in [6.07, 6.45) is 14.5. The second-order valence-corrected chi connectivity index (χ2v) is 17.9. The molecule has 0 saturated heterocycles. The number of aromatic hydroxyl groups is 4. The van der Waals surface area contributed by atoms with E-state index in [0.717, 1.165) is 121 Å². The quantitative estimate of drug-likeness (QED) is 0.0267. The molecule has 3 aromatic rings. The van der Waals surface area contributed by atoms with Crippen molar-refractivity contribution in [2.75, 3.05) is 0 Å². The van der Waals surface area contributed by atoms with Crippen molar-refractivity contribution in [3.8, 4) is 51.7 Å². The van der Waals surface area contributed by atoms with Crippen LogP contribution in [0.15, 0.2) is 36.4 Å². The Bertz CT molecular complexity index is 2050. The third kappa shape index (κ3) is 18.5. The van der Waals surface area contributed by atoms with Gasteiger partial charge < -0.3 is 48.8 Å². The molecule has 0 spiro atoms. The van der Waals surface area contributed by atoms with Crippen LogP contribution in [0.2, 0.25) is 0 Å². The fraction of sp³-hybridized carbons (Fsp3) is 0.574. The second-order valence-electron chi connectivity index (χ2n) is 17.9. The molecule has 3 aromatic carbocycles. The van der Waals surface area contributed by atoms with Crippen molar-refractivity contribution in [2.24, 2.45) is 0 Å². The van der Waals surface area contributed by atoms with Crippen molar-refractivity contribution < 1.29 is 72.8 Å². The normalized spacial score (nSPS) is 14.0. The number of rotatable bonds is 31. The zero-order valence-corrected chi connectivity index (χ0v) is 41.1. The molecule has 2 atom stereocenters. The smallest absolute Gasteiger partial charge is 0.338 e. The number of phenolic OH excluding ortho intramolecular Hbond substituents is 4. The molecular weight excluding hydrogens is 889 g/mol. The molecule has 2 unspecified atom stereocenters. The second kappa shape index (κ2) is 29.8. The van der Waals surface area contributed by atoms with Gasteiger partial charge in [-0.2, -0.15) is 0 Å². The molecule has 1 aliphatic heterocycles. The van der Waals surface area contributed by atoms with E-state index in [2.05, 4.69) is 27.7 Å². The average Bonchev–Trinajstić information content (AvgIpc) is 3.31. The number of esters is 5. The third-order valence-corrected chi connectivity index (χ3v) is 11.9. The Kier molecular flexibility index (Phi) is 24.0. The lowest BCUT2D eigenvalue weighted by molar-refractivity contribution is -0.136. The highest BCUT2D eigenvalue weighted by molar-refractivity contribution is 5.92. The number of fused-ring (bicyclic) bond motifs is 1. The maximum atomic E-state index is 14.4.